The van der Waals surface area contributed by atoms with E-state index in [9.17, 15) is 4.79 Å². The Morgan fingerprint density at radius 1 is 1.07 bits per heavy atom. The Morgan fingerprint density at radius 2 is 1.76 bits per heavy atom. The maximum Gasteiger partial charge on any atom is 0.204 e. The molecule has 1 aliphatic heterocycles. The molecule has 0 aliphatic carbocycles. The quantitative estimate of drug-likeness (QED) is 0.591. The van der Waals surface area contributed by atoms with Gasteiger partial charge in [0.25, 0.3) is 0 Å². The highest BCUT2D eigenvalue weighted by Crippen LogP contribution is 2.27. The molecule has 0 spiro atoms. The maximum absolute atomic E-state index is 13.4. The summed E-state index contributed by atoms with van der Waals surface area (Å²) in [7, 11) is 4.91. The van der Waals surface area contributed by atoms with Crippen molar-refractivity contribution in [2.75, 3.05) is 78.8 Å². The molecule has 8 heteroatoms. The Labute approximate surface area is 170 Å². The van der Waals surface area contributed by atoms with Crippen molar-refractivity contribution in [2.24, 2.45) is 0 Å². The van der Waals surface area contributed by atoms with E-state index in [1.54, 1.807) is 39.5 Å². The first-order chi connectivity index (χ1) is 14.2. The fourth-order valence-corrected chi connectivity index (χ4v) is 3.42. The van der Waals surface area contributed by atoms with E-state index in [0.29, 0.717) is 74.2 Å². The van der Waals surface area contributed by atoms with Crippen molar-refractivity contribution in [3.63, 3.8) is 0 Å². The summed E-state index contributed by atoms with van der Waals surface area (Å²) in [5, 5.41) is 0.552. The van der Waals surface area contributed by atoms with E-state index in [1.165, 1.54) is 0 Å². The number of rotatable bonds is 10. The second-order valence-corrected chi connectivity index (χ2v) is 6.94. The van der Waals surface area contributed by atoms with E-state index >= 15 is 0 Å². The molecule has 1 aromatic heterocycles. The van der Waals surface area contributed by atoms with Crippen LogP contribution in [0, 0.1) is 0 Å². The van der Waals surface area contributed by atoms with E-state index in [1.807, 2.05) is 4.90 Å². The zero-order chi connectivity index (χ0) is 20.6. The number of anilines is 1. The second-order valence-electron chi connectivity index (χ2n) is 6.94. The van der Waals surface area contributed by atoms with Crippen LogP contribution in [0.5, 0.6) is 5.75 Å². The molecular formula is C21H30N2O6. The van der Waals surface area contributed by atoms with Gasteiger partial charge in [-0.1, -0.05) is 0 Å². The van der Waals surface area contributed by atoms with Gasteiger partial charge in [0.05, 0.1) is 44.5 Å². The zero-order valence-electron chi connectivity index (χ0n) is 17.4. The van der Waals surface area contributed by atoms with Crippen LogP contribution in [0.3, 0.4) is 0 Å². The van der Waals surface area contributed by atoms with Crippen molar-refractivity contribution in [2.45, 2.75) is 6.54 Å². The lowest BCUT2D eigenvalue weighted by atomic mass is 10.1. The van der Waals surface area contributed by atoms with Crippen LogP contribution in [-0.2, 0) is 20.8 Å². The number of hydrogen-bond acceptors (Lipinski definition) is 8. The van der Waals surface area contributed by atoms with Crippen molar-refractivity contribution < 1.29 is 23.4 Å². The molecule has 3 rings (SSSR count). The molecule has 1 saturated heterocycles. The van der Waals surface area contributed by atoms with Crippen LogP contribution in [0.4, 0.5) is 5.88 Å². The molecule has 0 atom stereocenters. The van der Waals surface area contributed by atoms with Crippen LogP contribution in [0.25, 0.3) is 11.0 Å². The molecule has 0 saturated carbocycles. The third-order valence-electron chi connectivity index (χ3n) is 5.08. The fourth-order valence-electron chi connectivity index (χ4n) is 3.42. The maximum atomic E-state index is 13.4. The Morgan fingerprint density at radius 3 is 2.38 bits per heavy atom. The van der Waals surface area contributed by atoms with Crippen LogP contribution in [0.15, 0.2) is 27.4 Å². The molecule has 160 valence electrons. The predicted molar refractivity (Wildman–Crippen MR) is 111 cm³/mol. The number of methoxy groups -OCH3 is 3. The normalized spacial score (nSPS) is 15.0. The van der Waals surface area contributed by atoms with Gasteiger partial charge in [-0.2, -0.15) is 0 Å². The summed E-state index contributed by atoms with van der Waals surface area (Å²) in [6.45, 7) is 5.64. The van der Waals surface area contributed by atoms with Gasteiger partial charge in [0.2, 0.25) is 5.88 Å². The molecule has 0 unspecified atom stereocenters. The van der Waals surface area contributed by atoms with Gasteiger partial charge in [-0.25, -0.2) is 0 Å². The number of morpholine rings is 1. The zero-order valence-corrected chi connectivity index (χ0v) is 17.4. The molecule has 1 fully saturated rings. The van der Waals surface area contributed by atoms with Crippen molar-refractivity contribution >= 4 is 16.9 Å². The van der Waals surface area contributed by atoms with Crippen LogP contribution in [0.1, 0.15) is 5.56 Å². The van der Waals surface area contributed by atoms with Gasteiger partial charge in [0.1, 0.15) is 11.3 Å². The Kier molecular flexibility index (Phi) is 7.88. The Balaban J connectivity index is 2.08. The van der Waals surface area contributed by atoms with Crippen molar-refractivity contribution in [1.82, 2.24) is 4.90 Å². The predicted octanol–water partition coefficient (Wildman–Crippen LogP) is 1.73. The largest absolute Gasteiger partial charge is 0.497 e. The number of benzene rings is 1. The molecule has 0 bridgehead atoms. The van der Waals surface area contributed by atoms with Crippen molar-refractivity contribution in [3.05, 3.63) is 34.0 Å². The lowest BCUT2D eigenvalue weighted by molar-refractivity contribution is 0.0339. The highest BCUT2D eigenvalue weighted by molar-refractivity contribution is 5.80. The van der Waals surface area contributed by atoms with E-state index < -0.39 is 0 Å². The summed E-state index contributed by atoms with van der Waals surface area (Å²) >= 11 is 0. The van der Waals surface area contributed by atoms with E-state index in [4.69, 9.17) is 23.4 Å². The number of fused-ring (bicyclic) bond motifs is 1. The summed E-state index contributed by atoms with van der Waals surface area (Å²) in [5.74, 6) is 1.21. The molecule has 8 nitrogen and oxygen atoms in total. The van der Waals surface area contributed by atoms with Crippen LogP contribution in [-0.4, -0.2) is 78.8 Å². The number of hydrogen-bond donors (Lipinski definition) is 0. The lowest BCUT2D eigenvalue weighted by Crippen LogP contribution is -2.39. The third kappa shape index (κ3) is 5.27. The minimum absolute atomic E-state index is 0.0183. The summed E-state index contributed by atoms with van der Waals surface area (Å²) in [6.07, 6.45) is 0. The Hall–Kier alpha value is -2.13. The molecule has 0 radical (unpaired) electrons. The SMILES string of the molecule is COCCN(CCOC)c1oc2cc(OC)ccc2c(=O)c1CN1CCOCC1. The van der Waals surface area contributed by atoms with Gasteiger partial charge in [0.15, 0.2) is 5.43 Å². The first-order valence-electron chi connectivity index (χ1n) is 9.84. The second kappa shape index (κ2) is 10.6. The highest BCUT2D eigenvalue weighted by atomic mass is 16.5. The smallest absolute Gasteiger partial charge is 0.204 e. The minimum Gasteiger partial charge on any atom is -0.497 e. The summed E-state index contributed by atoms with van der Waals surface area (Å²) in [4.78, 5) is 17.7. The summed E-state index contributed by atoms with van der Waals surface area (Å²) in [5.41, 5.74) is 1.14. The van der Waals surface area contributed by atoms with Crippen LogP contribution >= 0.6 is 0 Å². The van der Waals surface area contributed by atoms with E-state index in [0.717, 1.165) is 13.1 Å². The van der Waals surface area contributed by atoms with Gasteiger partial charge in [-0.15, -0.1) is 0 Å². The lowest BCUT2D eigenvalue weighted by Gasteiger charge is -2.29. The van der Waals surface area contributed by atoms with Crippen molar-refractivity contribution in [1.29, 1.82) is 0 Å². The average molecular weight is 406 g/mol. The average Bonchev–Trinajstić information content (AvgIpc) is 2.76. The number of ether oxygens (including phenoxy) is 4. The topological polar surface area (TPSA) is 73.6 Å². The monoisotopic (exact) mass is 406 g/mol. The first-order valence-corrected chi connectivity index (χ1v) is 9.84. The van der Waals surface area contributed by atoms with Crippen molar-refractivity contribution in [3.8, 4) is 5.75 Å². The first kappa shape index (κ1) is 21.6. The van der Waals surface area contributed by atoms with Gasteiger partial charge in [-0.3, -0.25) is 9.69 Å². The fraction of sp³-hybridized carbons (Fsp3) is 0.571. The van der Waals surface area contributed by atoms with E-state index in [2.05, 4.69) is 4.90 Å². The molecule has 29 heavy (non-hydrogen) atoms. The molecule has 0 N–H and O–H groups in total. The molecule has 2 heterocycles. The molecule has 2 aromatic rings. The highest BCUT2D eigenvalue weighted by Gasteiger charge is 2.23. The number of nitrogens with zero attached hydrogens (tertiary/aromatic N) is 2. The minimum atomic E-state index is -0.0183. The molecular weight excluding hydrogens is 376 g/mol. The molecule has 1 aliphatic rings. The third-order valence-corrected chi connectivity index (χ3v) is 5.08. The summed E-state index contributed by atoms with van der Waals surface area (Å²) < 4.78 is 27.6. The molecule has 1 aromatic carbocycles. The van der Waals surface area contributed by atoms with Gasteiger partial charge >= 0.3 is 0 Å². The molecule has 0 amide bonds. The van der Waals surface area contributed by atoms with Gasteiger partial charge < -0.3 is 28.3 Å². The Bertz CT molecular complexity index is 839. The standard InChI is InChI=1S/C21H30N2O6/c1-25-10-8-23(9-11-26-2)21-18(15-22-6-12-28-13-7-22)20(24)17-5-4-16(27-3)14-19(17)29-21/h4-5,14H,6-13,15H2,1-3H3. The van der Waals surface area contributed by atoms with Gasteiger partial charge in [0, 0.05) is 53.0 Å². The van der Waals surface area contributed by atoms with Crippen LogP contribution < -0.4 is 15.1 Å². The van der Waals surface area contributed by atoms with E-state index in [-0.39, 0.29) is 5.43 Å². The van der Waals surface area contributed by atoms with Gasteiger partial charge in [-0.05, 0) is 12.1 Å². The van der Waals surface area contributed by atoms with Crippen LogP contribution in [0.2, 0.25) is 0 Å². The summed E-state index contributed by atoms with van der Waals surface area (Å²) in [6, 6.07) is 5.30.